The number of aromatic nitrogens is 2. The molecule has 1 heterocycles. The van der Waals surface area contributed by atoms with Gasteiger partial charge >= 0.3 is 12.1 Å². The fraction of sp³-hybridized carbons (Fsp3) is 0.357. The number of carboxylic acid groups (broad SMARTS) is 1. The Morgan fingerprint density at radius 1 is 1.19 bits per heavy atom. The number of aliphatic carboxylic acids is 1. The molecule has 12 nitrogen and oxygen atoms in total. The van der Waals surface area contributed by atoms with E-state index in [4.69, 9.17) is 27.9 Å². The van der Waals surface area contributed by atoms with E-state index in [1.165, 1.54) is 23.2 Å². The molecule has 224 valence electrons. The number of allylic oxidation sites excluding steroid dienone is 1. The van der Waals surface area contributed by atoms with E-state index in [9.17, 15) is 24.3 Å². The van der Waals surface area contributed by atoms with Gasteiger partial charge in [-0.05, 0) is 37.6 Å². The van der Waals surface area contributed by atoms with Crippen LogP contribution in [0.25, 0.3) is 0 Å². The van der Waals surface area contributed by atoms with E-state index in [1.54, 1.807) is 32.3 Å². The lowest BCUT2D eigenvalue weighted by Gasteiger charge is -2.23. The lowest BCUT2D eigenvalue weighted by atomic mass is 9.98. The number of carboxylic acids is 1. The van der Waals surface area contributed by atoms with Crippen LogP contribution in [0.5, 0.6) is 0 Å². The molecule has 0 aliphatic heterocycles. The fourth-order valence-corrected chi connectivity index (χ4v) is 4.33. The highest BCUT2D eigenvalue weighted by molar-refractivity contribution is 6.42. The van der Waals surface area contributed by atoms with Crippen molar-refractivity contribution in [1.82, 2.24) is 14.9 Å². The molecule has 1 aliphatic rings. The third-order valence-electron chi connectivity index (χ3n) is 6.34. The van der Waals surface area contributed by atoms with Crippen LogP contribution in [0, 0.1) is 0 Å². The molecule has 1 aromatic heterocycles. The number of carbonyl (C=O) groups excluding carboxylic acids is 3. The van der Waals surface area contributed by atoms with Crippen molar-refractivity contribution in [1.29, 1.82) is 0 Å². The molecule has 2 amide bonds. The smallest absolute Gasteiger partial charge is 0.409 e. The molecule has 3 N–H and O–H groups in total. The molecule has 3 rings (SSSR count). The predicted molar refractivity (Wildman–Crippen MR) is 161 cm³/mol. The van der Waals surface area contributed by atoms with Gasteiger partial charge in [0.15, 0.2) is 12.1 Å². The lowest BCUT2D eigenvalue weighted by Crippen LogP contribution is -2.32. The molecule has 0 radical (unpaired) electrons. The highest BCUT2D eigenvalue weighted by atomic mass is 35.5. The molecule has 1 aromatic carbocycles. The number of benzene rings is 1. The first-order valence-corrected chi connectivity index (χ1v) is 13.8. The standard InChI is InChI=1S/C28H32Cl2N6O6/c1-5-36(6-2)27-31-14-23(33-25(38)19-13-21(30)20(29)12-17(19)15-37)24(34-27)32-22(26(39)40)11-16-7-9-18(10-8-16)42-28(41)35(3)4/h7-9,12-15,18,22H,5-6,10-11H2,1-4H3,(H,33,38)(H,39,40)(H,31,32,34)/t18?,22-/m0/s1. The highest BCUT2D eigenvalue weighted by Gasteiger charge is 2.25. The Morgan fingerprint density at radius 2 is 1.88 bits per heavy atom. The van der Waals surface area contributed by atoms with Crippen LogP contribution < -0.4 is 15.5 Å². The first-order valence-electron chi connectivity index (χ1n) is 13.1. The van der Waals surface area contributed by atoms with Crippen LogP contribution in [0.1, 0.15) is 47.4 Å². The maximum Gasteiger partial charge on any atom is 0.409 e. The van der Waals surface area contributed by atoms with Gasteiger partial charge in [0.05, 0.1) is 21.8 Å². The van der Waals surface area contributed by atoms with Crippen molar-refractivity contribution in [3.05, 3.63) is 63.3 Å². The minimum absolute atomic E-state index is 0.0195. The summed E-state index contributed by atoms with van der Waals surface area (Å²) in [7, 11) is 3.17. The van der Waals surface area contributed by atoms with Gasteiger partial charge in [-0.1, -0.05) is 35.4 Å². The number of hydrogen-bond donors (Lipinski definition) is 3. The van der Waals surface area contributed by atoms with Crippen molar-refractivity contribution in [2.45, 2.75) is 38.8 Å². The molecule has 1 aliphatic carbocycles. The van der Waals surface area contributed by atoms with Gasteiger partial charge in [-0.2, -0.15) is 4.98 Å². The molecule has 0 saturated heterocycles. The van der Waals surface area contributed by atoms with Crippen molar-refractivity contribution < 1.29 is 29.0 Å². The Morgan fingerprint density at radius 3 is 2.45 bits per heavy atom. The van der Waals surface area contributed by atoms with E-state index in [1.807, 2.05) is 18.7 Å². The number of anilines is 3. The average molecular weight is 620 g/mol. The summed E-state index contributed by atoms with van der Waals surface area (Å²) in [6, 6.07) is 1.40. The Labute approximate surface area is 253 Å². The van der Waals surface area contributed by atoms with Crippen LogP contribution in [0.15, 0.2) is 42.1 Å². The van der Waals surface area contributed by atoms with Gasteiger partial charge < -0.3 is 30.3 Å². The number of nitrogens with zero attached hydrogens (tertiary/aromatic N) is 4. The van der Waals surface area contributed by atoms with Crippen LogP contribution >= 0.6 is 23.2 Å². The molecular formula is C28H32Cl2N6O6. The summed E-state index contributed by atoms with van der Waals surface area (Å²) in [6.45, 7) is 5.03. The van der Waals surface area contributed by atoms with Crippen molar-refractivity contribution in [3.8, 4) is 0 Å². The largest absolute Gasteiger partial charge is 0.480 e. The molecule has 2 atom stereocenters. The van der Waals surface area contributed by atoms with Gasteiger partial charge in [-0.15, -0.1) is 0 Å². The van der Waals surface area contributed by atoms with Gasteiger partial charge in [0.25, 0.3) is 5.91 Å². The number of aldehydes is 1. The van der Waals surface area contributed by atoms with Crippen LogP contribution in [0.3, 0.4) is 0 Å². The zero-order valence-electron chi connectivity index (χ0n) is 23.6. The zero-order chi connectivity index (χ0) is 31.0. The predicted octanol–water partition coefficient (Wildman–Crippen LogP) is 4.90. The summed E-state index contributed by atoms with van der Waals surface area (Å²) in [4.78, 5) is 61.0. The average Bonchev–Trinajstić information content (AvgIpc) is 2.96. The molecule has 14 heteroatoms. The third-order valence-corrected chi connectivity index (χ3v) is 7.06. The molecule has 0 saturated carbocycles. The molecular weight excluding hydrogens is 587 g/mol. The number of hydrogen-bond acceptors (Lipinski definition) is 9. The number of carbonyl (C=O) groups is 4. The number of ether oxygens (including phenoxy) is 1. The third kappa shape index (κ3) is 8.20. The number of amides is 2. The quantitative estimate of drug-likeness (QED) is 0.280. The Kier molecular flexibility index (Phi) is 11.3. The summed E-state index contributed by atoms with van der Waals surface area (Å²) in [5, 5.41) is 15.8. The lowest BCUT2D eigenvalue weighted by molar-refractivity contribution is -0.137. The minimum atomic E-state index is -1.15. The molecule has 1 unspecified atom stereocenters. The Bertz CT molecular complexity index is 1410. The van der Waals surface area contributed by atoms with E-state index in [-0.39, 0.29) is 39.1 Å². The van der Waals surface area contributed by atoms with E-state index in [2.05, 4.69) is 20.6 Å². The van der Waals surface area contributed by atoms with Crippen molar-refractivity contribution in [2.75, 3.05) is 42.7 Å². The highest BCUT2D eigenvalue weighted by Crippen LogP contribution is 2.28. The molecule has 0 spiro atoms. The van der Waals surface area contributed by atoms with Gasteiger partial charge in [0.2, 0.25) is 5.95 Å². The van der Waals surface area contributed by atoms with Gasteiger partial charge in [-0.25, -0.2) is 14.6 Å². The van der Waals surface area contributed by atoms with E-state index in [0.29, 0.717) is 37.3 Å². The number of nitrogens with one attached hydrogen (secondary N) is 2. The topological polar surface area (TPSA) is 154 Å². The van der Waals surface area contributed by atoms with Gasteiger partial charge in [0, 0.05) is 45.6 Å². The second-order valence-corrected chi connectivity index (χ2v) is 10.3. The summed E-state index contributed by atoms with van der Waals surface area (Å²) >= 11 is 12.1. The second kappa shape index (κ2) is 14.6. The van der Waals surface area contributed by atoms with Crippen LogP contribution in [0.2, 0.25) is 10.0 Å². The first-order chi connectivity index (χ1) is 20.0. The summed E-state index contributed by atoms with van der Waals surface area (Å²) in [5.41, 5.74) is 0.789. The summed E-state index contributed by atoms with van der Waals surface area (Å²) in [5.74, 6) is -1.45. The van der Waals surface area contributed by atoms with Crippen LogP contribution in [0.4, 0.5) is 22.2 Å². The Hall–Kier alpha value is -4.16. The fourth-order valence-electron chi connectivity index (χ4n) is 4.00. The zero-order valence-corrected chi connectivity index (χ0v) is 25.1. The van der Waals surface area contributed by atoms with E-state index < -0.39 is 30.1 Å². The van der Waals surface area contributed by atoms with Crippen LogP contribution in [-0.4, -0.2) is 83.6 Å². The molecule has 2 aromatic rings. The van der Waals surface area contributed by atoms with E-state index in [0.717, 1.165) is 0 Å². The van der Waals surface area contributed by atoms with Crippen molar-refractivity contribution >= 4 is 64.9 Å². The molecule has 0 bridgehead atoms. The molecule has 42 heavy (non-hydrogen) atoms. The summed E-state index contributed by atoms with van der Waals surface area (Å²) < 4.78 is 5.35. The maximum atomic E-state index is 13.2. The normalized spacial score (nSPS) is 14.8. The van der Waals surface area contributed by atoms with Crippen LogP contribution in [-0.2, 0) is 9.53 Å². The maximum absolute atomic E-state index is 13.2. The SMILES string of the molecule is CCN(CC)c1ncc(NC(=O)c2cc(Cl)c(Cl)cc2C=O)c(N[C@@H](CC2=CCC(OC(=O)N(C)C)C=C2)C(=O)O)n1. The van der Waals surface area contributed by atoms with E-state index >= 15 is 0 Å². The minimum Gasteiger partial charge on any atom is -0.480 e. The second-order valence-electron chi connectivity index (χ2n) is 9.46. The monoisotopic (exact) mass is 618 g/mol. The van der Waals surface area contributed by atoms with Gasteiger partial charge in [-0.3, -0.25) is 9.59 Å². The number of halogens is 2. The van der Waals surface area contributed by atoms with Crippen molar-refractivity contribution in [2.24, 2.45) is 0 Å². The van der Waals surface area contributed by atoms with Gasteiger partial charge in [0.1, 0.15) is 17.8 Å². The molecule has 0 fully saturated rings. The summed E-state index contributed by atoms with van der Waals surface area (Å²) in [6.07, 6.45) is 6.58. The first kappa shape index (κ1) is 32.4. The number of rotatable bonds is 12. The Balaban J connectivity index is 1.88. The van der Waals surface area contributed by atoms with Crippen molar-refractivity contribution in [3.63, 3.8) is 0 Å².